The summed E-state index contributed by atoms with van der Waals surface area (Å²) in [6.45, 7) is 5.13. The molecule has 0 radical (unpaired) electrons. The van der Waals surface area contributed by atoms with Gasteiger partial charge in [0.05, 0.1) is 18.7 Å². The van der Waals surface area contributed by atoms with Crippen LogP contribution in [0.3, 0.4) is 0 Å². The number of rotatable bonds is 6. The molecule has 0 unspecified atom stereocenters. The van der Waals surface area contributed by atoms with Gasteiger partial charge in [-0.05, 0) is 26.0 Å². The maximum absolute atomic E-state index is 12.7. The summed E-state index contributed by atoms with van der Waals surface area (Å²) in [5.74, 6) is 1.57. The van der Waals surface area contributed by atoms with Gasteiger partial charge in [-0.25, -0.2) is 4.98 Å². The van der Waals surface area contributed by atoms with Crippen molar-refractivity contribution in [3.05, 3.63) is 53.9 Å². The maximum atomic E-state index is 12.7. The molecule has 0 saturated carbocycles. The third-order valence-corrected chi connectivity index (χ3v) is 4.27. The average Bonchev–Trinajstić information content (AvgIpc) is 3.23. The largest absolute Gasteiger partial charge is 0.416 e. The number of imidazole rings is 1. The van der Waals surface area contributed by atoms with Crippen molar-refractivity contribution in [3.63, 3.8) is 0 Å². The molecule has 0 fully saturated rings. The van der Waals surface area contributed by atoms with Crippen molar-refractivity contribution in [1.29, 1.82) is 0 Å². The zero-order valence-electron chi connectivity index (χ0n) is 15.2. The zero-order valence-corrected chi connectivity index (χ0v) is 15.2. The maximum Gasteiger partial charge on any atom is 0.416 e. The van der Waals surface area contributed by atoms with Gasteiger partial charge >= 0.3 is 6.18 Å². The summed E-state index contributed by atoms with van der Waals surface area (Å²) in [5.41, 5.74) is -0.241. The van der Waals surface area contributed by atoms with Gasteiger partial charge in [0.1, 0.15) is 5.82 Å². The number of hydrogen-bond donors (Lipinski definition) is 0. The molecule has 1 aromatic carbocycles. The Balaban J connectivity index is 1.73. The minimum Gasteiger partial charge on any atom is -0.338 e. The lowest BCUT2D eigenvalue weighted by molar-refractivity contribution is -0.137. The van der Waals surface area contributed by atoms with Gasteiger partial charge in [-0.1, -0.05) is 17.3 Å². The Labute approximate surface area is 154 Å². The molecule has 0 spiro atoms. The van der Waals surface area contributed by atoms with Gasteiger partial charge in [0.15, 0.2) is 0 Å². The highest BCUT2D eigenvalue weighted by Gasteiger charge is 2.30. The monoisotopic (exact) mass is 379 g/mol. The molecule has 0 aliphatic rings. The van der Waals surface area contributed by atoms with Gasteiger partial charge in [-0.15, -0.1) is 0 Å². The molecule has 6 nitrogen and oxygen atoms in total. The van der Waals surface area contributed by atoms with Crippen LogP contribution in [0.25, 0.3) is 11.4 Å². The SMILES string of the molecule is CC(C)N(Cc1nc(-c2ccc(C(F)(F)F)cc2)no1)Cc1nccn1C. The Kier molecular flexibility index (Phi) is 5.31. The average molecular weight is 379 g/mol. The van der Waals surface area contributed by atoms with Crippen LogP contribution >= 0.6 is 0 Å². The van der Waals surface area contributed by atoms with E-state index in [-0.39, 0.29) is 11.9 Å². The Morgan fingerprint density at radius 3 is 2.41 bits per heavy atom. The summed E-state index contributed by atoms with van der Waals surface area (Å²) in [7, 11) is 1.93. The van der Waals surface area contributed by atoms with Gasteiger partial charge in [0.25, 0.3) is 0 Å². The number of halogens is 3. The van der Waals surface area contributed by atoms with Gasteiger partial charge in [-0.2, -0.15) is 18.2 Å². The molecule has 2 aromatic heterocycles. The number of aromatic nitrogens is 4. The third-order valence-electron chi connectivity index (χ3n) is 4.27. The molecule has 0 aliphatic heterocycles. The summed E-state index contributed by atoms with van der Waals surface area (Å²) in [5, 5.41) is 3.89. The van der Waals surface area contributed by atoms with E-state index in [0.29, 0.717) is 24.5 Å². The highest BCUT2D eigenvalue weighted by Crippen LogP contribution is 2.30. The summed E-state index contributed by atoms with van der Waals surface area (Å²) < 4.78 is 45.2. The van der Waals surface area contributed by atoms with Crippen molar-refractivity contribution in [2.24, 2.45) is 7.05 Å². The molecule has 0 saturated heterocycles. The molecule has 144 valence electrons. The molecule has 2 heterocycles. The van der Waals surface area contributed by atoms with Gasteiger partial charge < -0.3 is 9.09 Å². The molecule has 3 rings (SSSR count). The number of benzene rings is 1. The molecule has 3 aromatic rings. The lowest BCUT2D eigenvalue weighted by atomic mass is 10.1. The fraction of sp³-hybridized carbons (Fsp3) is 0.389. The smallest absolute Gasteiger partial charge is 0.338 e. The summed E-state index contributed by atoms with van der Waals surface area (Å²) in [6, 6.07) is 4.90. The van der Waals surface area contributed by atoms with Crippen LogP contribution in [0.4, 0.5) is 13.2 Å². The third kappa shape index (κ3) is 4.54. The highest BCUT2D eigenvalue weighted by molar-refractivity contribution is 5.54. The van der Waals surface area contributed by atoms with E-state index in [0.717, 1.165) is 18.0 Å². The quantitative estimate of drug-likeness (QED) is 0.650. The highest BCUT2D eigenvalue weighted by atomic mass is 19.4. The predicted molar refractivity (Wildman–Crippen MR) is 92.3 cm³/mol. The first-order valence-corrected chi connectivity index (χ1v) is 8.44. The van der Waals surface area contributed by atoms with E-state index in [1.165, 1.54) is 12.1 Å². The summed E-state index contributed by atoms with van der Waals surface area (Å²) in [4.78, 5) is 10.8. The number of hydrogen-bond acceptors (Lipinski definition) is 5. The van der Waals surface area contributed by atoms with Crippen molar-refractivity contribution < 1.29 is 17.7 Å². The van der Waals surface area contributed by atoms with Crippen LogP contribution in [0.1, 0.15) is 31.1 Å². The zero-order chi connectivity index (χ0) is 19.6. The van der Waals surface area contributed by atoms with Crippen molar-refractivity contribution in [2.75, 3.05) is 0 Å². The first-order valence-electron chi connectivity index (χ1n) is 8.44. The van der Waals surface area contributed by atoms with Gasteiger partial charge in [-0.3, -0.25) is 4.90 Å². The van der Waals surface area contributed by atoms with E-state index in [2.05, 4.69) is 33.9 Å². The van der Waals surface area contributed by atoms with E-state index < -0.39 is 11.7 Å². The number of aryl methyl sites for hydroxylation is 1. The van der Waals surface area contributed by atoms with Crippen LogP contribution in [-0.2, 0) is 26.3 Å². The fourth-order valence-corrected chi connectivity index (χ4v) is 2.57. The molecule has 27 heavy (non-hydrogen) atoms. The van der Waals surface area contributed by atoms with Crippen LogP contribution in [0, 0.1) is 0 Å². The normalized spacial score (nSPS) is 12.3. The second kappa shape index (κ2) is 7.51. The van der Waals surface area contributed by atoms with E-state index in [1.54, 1.807) is 6.20 Å². The van der Waals surface area contributed by atoms with E-state index in [1.807, 2.05) is 17.8 Å². The molecular formula is C18H20F3N5O. The lowest BCUT2D eigenvalue weighted by Gasteiger charge is -2.24. The van der Waals surface area contributed by atoms with Crippen LogP contribution in [0.5, 0.6) is 0 Å². The van der Waals surface area contributed by atoms with Crippen molar-refractivity contribution >= 4 is 0 Å². The Morgan fingerprint density at radius 1 is 1.15 bits per heavy atom. The molecule has 9 heteroatoms. The predicted octanol–water partition coefficient (Wildman–Crippen LogP) is 3.90. The molecule has 0 amide bonds. The molecule has 0 N–H and O–H groups in total. The molecule has 0 aliphatic carbocycles. The van der Waals surface area contributed by atoms with Crippen LogP contribution in [0.15, 0.2) is 41.2 Å². The van der Waals surface area contributed by atoms with Crippen LogP contribution in [-0.4, -0.2) is 30.6 Å². The van der Waals surface area contributed by atoms with Crippen LogP contribution < -0.4 is 0 Å². The van der Waals surface area contributed by atoms with Crippen molar-refractivity contribution in [1.82, 2.24) is 24.6 Å². The minimum absolute atomic E-state index is 0.211. The van der Waals surface area contributed by atoms with Gasteiger partial charge in [0, 0.05) is 31.0 Å². The van der Waals surface area contributed by atoms with E-state index in [9.17, 15) is 13.2 Å². The topological polar surface area (TPSA) is 60.0 Å². The Morgan fingerprint density at radius 2 is 1.85 bits per heavy atom. The second-order valence-corrected chi connectivity index (χ2v) is 6.54. The standard InChI is InChI=1S/C18H20F3N5O/c1-12(2)26(10-15-22-8-9-25(15)3)11-16-23-17(24-27-16)13-4-6-14(7-5-13)18(19,20)21/h4-9,12H,10-11H2,1-3H3. The van der Waals surface area contributed by atoms with E-state index >= 15 is 0 Å². The fourth-order valence-electron chi connectivity index (χ4n) is 2.57. The number of alkyl halides is 3. The molecule has 0 bridgehead atoms. The number of nitrogens with zero attached hydrogens (tertiary/aromatic N) is 5. The summed E-state index contributed by atoms with van der Waals surface area (Å²) in [6.07, 6.45) is -0.754. The first-order chi connectivity index (χ1) is 12.7. The molecule has 0 atom stereocenters. The van der Waals surface area contributed by atoms with Gasteiger partial charge in [0.2, 0.25) is 11.7 Å². The van der Waals surface area contributed by atoms with Crippen LogP contribution in [0.2, 0.25) is 0 Å². The van der Waals surface area contributed by atoms with Crippen molar-refractivity contribution in [3.8, 4) is 11.4 Å². The Bertz CT molecular complexity index is 883. The first kappa shape index (κ1) is 19.1. The summed E-state index contributed by atoms with van der Waals surface area (Å²) >= 11 is 0. The molecular weight excluding hydrogens is 359 g/mol. The van der Waals surface area contributed by atoms with Crippen molar-refractivity contribution in [2.45, 2.75) is 39.2 Å². The Hall–Kier alpha value is -2.68. The second-order valence-electron chi connectivity index (χ2n) is 6.54. The van der Waals surface area contributed by atoms with E-state index in [4.69, 9.17) is 4.52 Å². The lowest BCUT2D eigenvalue weighted by Crippen LogP contribution is -2.31. The minimum atomic E-state index is -4.37.